The maximum absolute atomic E-state index is 12.3. The van der Waals surface area contributed by atoms with Gasteiger partial charge in [-0.1, -0.05) is 51.9 Å². The van der Waals surface area contributed by atoms with Gasteiger partial charge in [0.1, 0.15) is 21.6 Å². The predicted octanol–water partition coefficient (Wildman–Crippen LogP) is 2.23. The number of ether oxygens (including phenoxy) is 1. The zero-order valence-electron chi connectivity index (χ0n) is 18.7. The quantitative estimate of drug-likeness (QED) is 0.172. The Balaban J connectivity index is 0.00000512. The third-order valence-corrected chi connectivity index (χ3v) is 6.87. The van der Waals surface area contributed by atoms with E-state index in [1.54, 1.807) is 0 Å². The Labute approximate surface area is 213 Å². The molecule has 0 saturated carbocycles. The van der Waals surface area contributed by atoms with Crippen molar-refractivity contribution in [2.24, 2.45) is 0 Å². The van der Waals surface area contributed by atoms with E-state index in [2.05, 4.69) is 6.92 Å². The molecule has 0 aliphatic heterocycles. The van der Waals surface area contributed by atoms with E-state index in [9.17, 15) is 21.4 Å². The molecule has 0 atom stereocenters. The van der Waals surface area contributed by atoms with Crippen LogP contribution in [-0.2, 0) is 24.4 Å². The first-order chi connectivity index (χ1) is 14.7. The normalized spacial score (nSPS) is 11.7. The summed E-state index contributed by atoms with van der Waals surface area (Å²) in [6.45, 7) is 2.34. The van der Waals surface area contributed by atoms with Crippen LogP contribution in [0.25, 0.3) is 0 Å². The summed E-state index contributed by atoms with van der Waals surface area (Å²) in [5.41, 5.74) is 0. The first-order valence-electron chi connectivity index (χ1n) is 10.5. The average Bonchev–Trinajstić information content (AvgIpc) is 2.73. The molecule has 0 radical (unpaired) electrons. The first kappa shape index (κ1) is 29.1. The van der Waals surface area contributed by atoms with Crippen LogP contribution < -0.4 is 34.3 Å². The van der Waals surface area contributed by atoms with Gasteiger partial charge in [0.05, 0.1) is 16.4 Å². The van der Waals surface area contributed by atoms with Gasteiger partial charge in [-0.2, -0.15) is 8.42 Å². The fourth-order valence-electron chi connectivity index (χ4n) is 2.96. The molecule has 2 aromatic rings. The van der Waals surface area contributed by atoms with Gasteiger partial charge in [0.2, 0.25) is 0 Å². The summed E-state index contributed by atoms with van der Waals surface area (Å²) in [5.74, 6) is 0.675. The van der Waals surface area contributed by atoms with Crippen LogP contribution in [0.1, 0.15) is 58.3 Å². The van der Waals surface area contributed by atoms with Crippen LogP contribution in [0, 0.1) is 0 Å². The summed E-state index contributed by atoms with van der Waals surface area (Å²) in [6.07, 6.45) is 8.87. The standard InChI is InChI=1S/C22H30O7S2.Na/c1-2-3-4-5-6-7-8-9-18-28-31(26,27)22-16-12-20(13-17-22)29-19-10-14-21(15-11-19)30(23,24)25;/h10-17H,2-9,18H2,1H3,(H,23,24,25);/q;+1/p-1. The number of unbranched alkanes of at least 4 members (excludes halogenated alkanes) is 7. The Hall–Kier alpha value is -0.940. The van der Waals surface area contributed by atoms with Gasteiger partial charge in [-0.15, -0.1) is 0 Å². The molecule has 0 fully saturated rings. The van der Waals surface area contributed by atoms with Crippen molar-refractivity contribution in [2.45, 2.75) is 68.1 Å². The van der Waals surface area contributed by atoms with Gasteiger partial charge in [-0.05, 0) is 55.0 Å². The van der Waals surface area contributed by atoms with Crippen LogP contribution in [0.5, 0.6) is 11.5 Å². The van der Waals surface area contributed by atoms with Crippen molar-refractivity contribution in [3.63, 3.8) is 0 Å². The molecule has 0 saturated heterocycles. The maximum Gasteiger partial charge on any atom is 1.00 e. The Morgan fingerprint density at radius 1 is 0.688 bits per heavy atom. The molecule has 0 bridgehead atoms. The van der Waals surface area contributed by atoms with E-state index in [4.69, 9.17) is 8.92 Å². The zero-order valence-corrected chi connectivity index (χ0v) is 22.3. The van der Waals surface area contributed by atoms with E-state index in [1.165, 1.54) is 68.5 Å². The van der Waals surface area contributed by atoms with Crippen LogP contribution in [-0.4, -0.2) is 28.0 Å². The summed E-state index contributed by atoms with van der Waals surface area (Å²) >= 11 is 0. The van der Waals surface area contributed by atoms with Crippen molar-refractivity contribution in [2.75, 3.05) is 6.61 Å². The number of benzene rings is 2. The maximum atomic E-state index is 12.3. The largest absolute Gasteiger partial charge is 1.00 e. The second-order valence-corrected chi connectivity index (χ2v) is 10.2. The van der Waals surface area contributed by atoms with E-state index >= 15 is 0 Å². The zero-order chi connectivity index (χ0) is 22.7. The Morgan fingerprint density at radius 3 is 1.59 bits per heavy atom. The van der Waals surface area contributed by atoms with Gasteiger partial charge in [-0.3, -0.25) is 4.18 Å². The van der Waals surface area contributed by atoms with E-state index in [0.29, 0.717) is 17.9 Å². The number of hydrogen-bond donors (Lipinski definition) is 0. The molecule has 0 N–H and O–H groups in total. The molecular weight excluding hydrogens is 463 g/mol. The average molecular weight is 493 g/mol. The molecule has 2 aromatic carbocycles. The van der Waals surface area contributed by atoms with Crippen LogP contribution >= 0.6 is 0 Å². The Bertz CT molecular complexity index is 1000. The summed E-state index contributed by atoms with van der Waals surface area (Å²) in [5, 5.41) is 0. The van der Waals surface area contributed by atoms with Crippen molar-refractivity contribution in [3.05, 3.63) is 48.5 Å². The van der Waals surface area contributed by atoms with Gasteiger partial charge >= 0.3 is 29.6 Å². The van der Waals surface area contributed by atoms with E-state index < -0.39 is 20.2 Å². The predicted molar refractivity (Wildman–Crippen MR) is 117 cm³/mol. The van der Waals surface area contributed by atoms with Gasteiger partial charge in [0.15, 0.2) is 0 Å². The molecular formula is C22H29NaO7S2. The first-order valence-corrected chi connectivity index (χ1v) is 13.3. The molecule has 0 amide bonds. The van der Waals surface area contributed by atoms with E-state index in [0.717, 1.165) is 25.0 Å². The molecule has 0 unspecified atom stereocenters. The SMILES string of the molecule is CCCCCCCCCCOS(=O)(=O)c1ccc(Oc2ccc(S(=O)(=O)[O-])cc2)cc1.[Na+]. The minimum Gasteiger partial charge on any atom is -0.744 e. The molecule has 10 heteroatoms. The molecule has 32 heavy (non-hydrogen) atoms. The van der Waals surface area contributed by atoms with Crippen LogP contribution in [0.3, 0.4) is 0 Å². The van der Waals surface area contributed by atoms with E-state index in [1.807, 2.05) is 0 Å². The minimum atomic E-state index is -4.52. The summed E-state index contributed by atoms with van der Waals surface area (Å²) in [6, 6.07) is 10.7. The second kappa shape index (κ2) is 14.3. The monoisotopic (exact) mass is 492 g/mol. The molecule has 0 spiro atoms. The third-order valence-electron chi connectivity index (χ3n) is 4.70. The summed E-state index contributed by atoms with van der Waals surface area (Å²) in [7, 11) is -8.35. The van der Waals surface area contributed by atoms with Crippen molar-refractivity contribution in [3.8, 4) is 11.5 Å². The van der Waals surface area contributed by atoms with Crippen molar-refractivity contribution in [1.82, 2.24) is 0 Å². The van der Waals surface area contributed by atoms with Gasteiger partial charge < -0.3 is 9.29 Å². The van der Waals surface area contributed by atoms with Crippen LogP contribution in [0.2, 0.25) is 0 Å². The molecule has 172 valence electrons. The molecule has 0 heterocycles. The van der Waals surface area contributed by atoms with Crippen molar-refractivity contribution in [1.29, 1.82) is 0 Å². The van der Waals surface area contributed by atoms with Gasteiger partial charge in [-0.25, -0.2) is 8.42 Å². The van der Waals surface area contributed by atoms with Crippen LogP contribution in [0.15, 0.2) is 58.3 Å². The Kier molecular flexibility index (Phi) is 13.0. The summed E-state index contributed by atoms with van der Waals surface area (Å²) in [4.78, 5) is -0.317. The van der Waals surface area contributed by atoms with E-state index in [-0.39, 0.29) is 46.0 Å². The van der Waals surface area contributed by atoms with Gasteiger partial charge in [0, 0.05) is 0 Å². The fourth-order valence-corrected chi connectivity index (χ4v) is 4.37. The molecule has 0 aliphatic rings. The summed E-state index contributed by atoms with van der Waals surface area (Å²) < 4.78 is 68.1. The number of hydrogen-bond acceptors (Lipinski definition) is 7. The van der Waals surface area contributed by atoms with Crippen molar-refractivity contribution < 1.29 is 59.9 Å². The van der Waals surface area contributed by atoms with Crippen LogP contribution in [0.4, 0.5) is 0 Å². The van der Waals surface area contributed by atoms with Crippen molar-refractivity contribution >= 4 is 20.2 Å². The smallest absolute Gasteiger partial charge is 0.744 e. The number of rotatable bonds is 14. The third kappa shape index (κ3) is 10.3. The molecule has 0 aromatic heterocycles. The fraction of sp³-hybridized carbons (Fsp3) is 0.455. The minimum absolute atomic E-state index is 0. The topological polar surface area (TPSA) is 110 Å². The molecule has 2 rings (SSSR count). The molecule has 0 aliphatic carbocycles. The van der Waals surface area contributed by atoms with Gasteiger partial charge in [0.25, 0.3) is 10.1 Å². The second-order valence-electron chi connectivity index (χ2n) is 7.25. The Morgan fingerprint density at radius 2 is 1.12 bits per heavy atom. The molecule has 7 nitrogen and oxygen atoms in total.